The van der Waals surface area contributed by atoms with Gasteiger partial charge in [0, 0.05) is 13.6 Å². The Labute approximate surface area is 183 Å². The van der Waals surface area contributed by atoms with Crippen molar-refractivity contribution in [1.82, 2.24) is 25.4 Å². The molecule has 0 saturated heterocycles. The number of hydrogen-bond acceptors (Lipinski definition) is 5. The second-order valence-electron chi connectivity index (χ2n) is 7.08. The molecule has 1 heterocycles. The van der Waals surface area contributed by atoms with Gasteiger partial charge >= 0.3 is 0 Å². The van der Waals surface area contributed by atoms with Crippen molar-refractivity contribution in [2.75, 3.05) is 20.8 Å². The number of aromatic nitrogens is 3. The van der Waals surface area contributed by atoms with Crippen molar-refractivity contribution in [2.24, 2.45) is 12.0 Å². The quantitative estimate of drug-likeness (QED) is 0.407. The number of aliphatic imine (C=N–C) groups is 1. The van der Waals surface area contributed by atoms with E-state index in [9.17, 15) is 0 Å². The number of hydrogen-bond donors (Lipinski definition) is 2. The predicted molar refractivity (Wildman–Crippen MR) is 121 cm³/mol. The molecular weight excluding hydrogens is 392 g/mol. The molecule has 8 heteroatoms. The van der Waals surface area contributed by atoms with Crippen molar-refractivity contribution in [3.8, 4) is 11.5 Å². The molecule has 0 aliphatic heterocycles. The molecule has 8 nitrogen and oxygen atoms in total. The van der Waals surface area contributed by atoms with Crippen LogP contribution in [0.25, 0.3) is 0 Å². The van der Waals surface area contributed by atoms with Gasteiger partial charge in [-0.15, -0.1) is 10.2 Å². The highest BCUT2D eigenvalue weighted by atomic mass is 16.5. The Hall–Kier alpha value is -3.55. The summed E-state index contributed by atoms with van der Waals surface area (Å²) in [5.41, 5.74) is 2.25. The number of nitrogens with one attached hydrogen (secondary N) is 2. The van der Waals surface area contributed by atoms with Crippen LogP contribution in [-0.2, 0) is 26.6 Å². The highest BCUT2D eigenvalue weighted by Crippen LogP contribution is 2.17. The molecule has 0 saturated carbocycles. The molecule has 0 amide bonds. The molecule has 31 heavy (non-hydrogen) atoms. The number of benzene rings is 2. The number of methoxy groups -OCH3 is 2. The monoisotopic (exact) mass is 422 g/mol. The maximum absolute atomic E-state index is 5.45. The Morgan fingerprint density at radius 3 is 2.45 bits per heavy atom. The summed E-state index contributed by atoms with van der Waals surface area (Å²) in [5.74, 6) is 4.16. The minimum atomic E-state index is 0.528. The third-order valence-electron chi connectivity index (χ3n) is 5.05. The van der Waals surface area contributed by atoms with Crippen LogP contribution in [0.2, 0.25) is 0 Å². The van der Waals surface area contributed by atoms with E-state index in [0.29, 0.717) is 25.6 Å². The molecule has 0 spiro atoms. The van der Waals surface area contributed by atoms with Gasteiger partial charge in [0.05, 0.1) is 27.3 Å². The summed E-state index contributed by atoms with van der Waals surface area (Å²) in [7, 11) is 5.31. The molecule has 0 unspecified atom stereocenters. The lowest BCUT2D eigenvalue weighted by molar-refractivity contribution is 0.409. The molecule has 164 valence electrons. The zero-order chi connectivity index (χ0) is 22.1. The number of aryl methyl sites for hydroxylation is 1. The fraction of sp³-hybridized carbons (Fsp3) is 0.348. The maximum Gasteiger partial charge on any atom is 0.191 e. The molecule has 3 rings (SSSR count). The van der Waals surface area contributed by atoms with E-state index < -0.39 is 0 Å². The average Bonchev–Trinajstić information content (AvgIpc) is 3.13. The van der Waals surface area contributed by atoms with Gasteiger partial charge in [-0.3, -0.25) is 0 Å². The molecule has 0 aliphatic rings. The van der Waals surface area contributed by atoms with Crippen LogP contribution in [0.15, 0.2) is 53.5 Å². The van der Waals surface area contributed by atoms with E-state index in [4.69, 9.17) is 14.5 Å². The number of rotatable bonds is 9. The first-order valence-electron chi connectivity index (χ1n) is 10.2. The highest BCUT2D eigenvalue weighted by molar-refractivity contribution is 5.79. The summed E-state index contributed by atoms with van der Waals surface area (Å²) in [6.45, 7) is 3.72. The molecule has 0 bridgehead atoms. The SMILES string of the molecule is COc1ccc(CN=C(NCCc2ccccc2OC)NCc2nnc(C)n2C)cc1. The fourth-order valence-corrected chi connectivity index (χ4v) is 3.07. The van der Waals surface area contributed by atoms with Crippen LogP contribution in [0.4, 0.5) is 0 Å². The number of para-hydroxylation sites is 1. The van der Waals surface area contributed by atoms with Gasteiger partial charge in [-0.1, -0.05) is 30.3 Å². The lowest BCUT2D eigenvalue weighted by Crippen LogP contribution is -2.38. The van der Waals surface area contributed by atoms with Crippen LogP contribution in [0, 0.1) is 6.92 Å². The van der Waals surface area contributed by atoms with Crippen molar-refractivity contribution < 1.29 is 9.47 Å². The van der Waals surface area contributed by atoms with E-state index in [1.807, 2.05) is 61.0 Å². The molecule has 0 atom stereocenters. The van der Waals surface area contributed by atoms with Crippen LogP contribution in [0.3, 0.4) is 0 Å². The van der Waals surface area contributed by atoms with Gasteiger partial charge in [-0.25, -0.2) is 4.99 Å². The molecular formula is C23H30N6O2. The van der Waals surface area contributed by atoms with Crippen molar-refractivity contribution in [1.29, 1.82) is 0 Å². The molecule has 0 aliphatic carbocycles. The normalized spacial score (nSPS) is 11.3. The summed E-state index contributed by atoms with van der Waals surface area (Å²) in [6, 6.07) is 16.0. The average molecular weight is 423 g/mol. The summed E-state index contributed by atoms with van der Waals surface area (Å²) in [6.07, 6.45) is 0.816. The summed E-state index contributed by atoms with van der Waals surface area (Å²) < 4.78 is 12.6. The molecule has 1 aromatic heterocycles. The number of ether oxygens (including phenoxy) is 2. The number of guanidine groups is 1. The van der Waals surface area contributed by atoms with Gasteiger partial charge < -0.3 is 24.7 Å². The van der Waals surface area contributed by atoms with E-state index in [1.165, 1.54) is 0 Å². The molecule has 3 aromatic rings. The van der Waals surface area contributed by atoms with E-state index in [1.54, 1.807) is 14.2 Å². The van der Waals surface area contributed by atoms with E-state index in [-0.39, 0.29) is 0 Å². The maximum atomic E-state index is 5.45. The van der Waals surface area contributed by atoms with Crippen molar-refractivity contribution >= 4 is 5.96 Å². The first-order chi connectivity index (χ1) is 15.1. The Bertz CT molecular complexity index is 998. The Kier molecular flexibility index (Phi) is 7.86. The lowest BCUT2D eigenvalue weighted by atomic mass is 10.1. The molecule has 0 radical (unpaired) electrons. The van der Waals surface area contributed by atoms with Gasteiger partial charge in [0.1, 0.15) is 17.3 Å². The minimum Gasteiger partial charge on any atom is -0.497 e. The third kappa shape index (κ3) is 6.21. The van der Waals surface area contributed by atoms with Crippen LogP contribution >= 0.6 is 0 Å². The van der Waals surface area contributed by atoms with Gasteiger partial charge in [-0.05, 0) is 42.7 Å². The fourth-order valence-electron chi connectivity index (χ4n) is 3.07. The molecule has 2 aromatic carbocycles. The van der Waals surface area contributed by atoms with Crippen LogP contribution < -0.4 is 20.1 Å². The highest BCUT2D eigenvalue weighted by Gasteiger charge is 2.07. The Morgan fingerprint density at radius 1 is 1.00 bits per heavy atom. The summed E-state index contributed by atoms with van der Waals surface area (Å²) >= 11 is 0. The first-order valence-corrected chi connectivity index (χ1v) is 10.2. The van der Waals surface area contributed by atoms with Gasteiger partial charge in [0.15, 0.2) is 11.8 Å². The zero-order valence-electron chi connectivity index (χ0n) is 18.6. The van der Waals surface area contributed by atoms with Crippen LogP contribution in [0.1, 0.15) is 22.8 Å². The zero-order valence-corrected chi connectivity index (χ0v) is 18.6. The van der Waals surface area contributed by atoms with Gasteiger partial charge in [-0.2, -0.15) is 0 Å². The van der Waals surface area contributed by atoms with Crippen molar-refractivity contribution in [2.45, 2.75) is 26.4 Å². The first kappa shape index (κ1) is 22.1. The lowest BCUT2D eigenvalue weighted by Gasteiger charge is -2.14. The van der Waals surface area contributed by atoms with Crippen molar-refractivity contribution in [3.63, 3.8) is 0 Å². The number of nitrogens with zero attached hydrogens (tertiary/aromatic N) is 4. The largest absolute Gasteiger partial charge is 0.497 e. The third-order valence-corrected chi connectivity index (χ3v) is 5.05. The van der Waals surface area contributed by atoms with E-state index in [2.05, 4.69) is 26.9 Å². The summed E-state index contributed by atoms with van der Waals surface area (Å²) in [4.78, 5) is 4.74. The predicted octanol–water partition coefficient (Wildman–Crippen LogP) is 2.62. The van der Waals surface area contributed by atoms with Crippen LogP contribution in [0.5, 0.6) is 11.5 Å². The van der Waals surface area contributed by atoms with Crippen LogP contribution in [-0.4, -0.2) is 41.5 Å². The summed E-state index contributed by atoms with van der Waals surface area (Å²) in [5, 5.41) is 15.1. The Balaban J connectivity index is 1.65. The standard InChI is InChI=1S/C23H30N6O2/c1-17-27-28-22(29(17)2)16-26-23(25-15-18-9-11-20(30-3)12-10-18)24-14-13-19-7-5-6-8-21(19)31-4/h5-12H,13-16H2,1-4H3,(H2,24,25,26). The van der Waals surface area contributed by atoms with Gasteiger partial charge in [0.25, 0.3) is 0 Å². The van der Waals surface area contributed by atoms with Gasteiger partial charge in [0.2, 0.25) is 0 Å². The Morgan fingerprint density at radius 2 is 1.77 bits per heavy atom. The minimum absolute atomic E-state index is 0.528. The molecule has 2 N–H and O–H groups in total. The van der Waals surface area contributed by atoms with E-state index >= 15 is 0 Å². The molecule has 0 fully saturated rings. The topological polar surface area (TPSA) is 85.6 Å². The second kappa shape index (κ2) is 11.0. The van der Waals surface area contributed by atoms with E-state index in [0.717, 1.165) is 40.7 Å². The smallest absolute Gasteiger partial charge is 0.191 e. The van der Waals surface area contributed by atoms with Crippen molar-refractivity contribution in [3.05, 3.63) is 71.3 Å². The second-order valence-corrected chi connectivity index (χ2v) is 7.08.